The molecule has 0 unspecified atom stereocenters. The molecule has 0 fully saturated rings. The Kier molecular flexibility index (Phi) is 3.52. The van der Waals surface area contributed by atoms with Gasteiger partial charge in [0.25, 0.3) is 0 Å². The van der Waals surface area contributed by atoms with Crippen LogP contribution in [0.15, 0.2) is 23.1 Å². The van der Waals surface area contributed by atoms with E-state index in [0.29, 0.717) is 0 Å². The zero-order valence-corrected chi connectivity index (χ0v) is 7.65. The lowest BCUT2D eigenvalue weighted by atomic mass is 10.2. The highest BCUT2D eigenvalue weighted by Crippen LogP contribution is 2.23. The average molecular weight is 188 g/mol. The monoisotopic (exact) mass is 188 g/mol. The van der Waals surface area contributed by atoms with Gasteiger partial charge in [0.1, 0.15) is 5.82 Å². The standard InChI is InChI=1S/C8H9FO2S/c1-6-5-7(9)3-4-8(6)12-11-10-2/h3-5H,1-2H3. The molecule has 0 heterocycles. The zero-order chi connectivity index (χ0) is 8.97. The maximum absolute atomic E-state index is 12.6. The molecule has 1 rings (SSSR count). The number of hydrogen-bond donors (Lipinski definition) is 0. The third-order valence-electron chi connectivity index (χ3n) is 1.33. The van der Waals surface area contributed by atoms with Crippen molar-refractivity contribution in [3.8, 4) is 0 Å². The van der Waals surface area contributed by atoms with E-state index >= 15 is 0 Å². The van der Waals surface area contributed by atoms with E-state index in [0.717, 1.165) is 22.5 Å². The smallest absolute Gasteiger partial charge is 0.123 e. The van der Waals surface area contributed by atoms with E-state index in [4.69, 9.17) is 0 Å². The maximum atomic E-state index is 12.6. The maximum Gasteiger partial charge on any atom is 0.123 e. The van der Waals surface area contributed by atoms with E-state index in [2.05, 4.69) is 9.22 Å². The summed E-state index contributed by atoms with van der Waals surface area (Å²) in [6.45, 7) is 1.81. The summed E-state index contributed by atoms with van der Waals surface area (Å²) in [5.74, 6) is -0.241. The average Bonchev–Trinajstić information content (AvgIpc) is 2.03. The van der Waals surface area contributed by atoms with Crippen LogP contribution < -0.4 is 0 Å². The van der Waals surface area contributed by atoms with Gasteiger partial charge < -0.3 is 0 Å². The summed E-state index contributed by atoms with van der Waals surface area (Å²) in [6.07, 6.45) is 0. The fourth-order valence-corrected chi connectivity index (χ4v) is 1.23. The lowest BCUT2D eigenvalue weighted by Gasteiger charge is -2.02. The molecule has 12 heavy (non-hydrogen) atoms. The predicted octanol–water partition coefficient (Wildman–Crippen LogP) is 2.72. The molecule has 0 aliphatic carbocycles. The number of benzene rings is 1. The van der Waals surface area contributed by atoms with Gasteiger partial charge in [-0.05, 0) is 30.7 Å². The van der Waals surface area contributed by atoms with Crippen LogP contribution in [0.1, 0.15) is 5.56 Å². The minimum absolute atomic E-state index is 0.241. The Labute approximate surface area is 74.8 Å². The summed E-state index contributed by atoms with van der Waals surface area (Å²) >= 11 is 1.07. The van der Waals surface area contributed by atoms with Gasteiger partial charge in [-0.25, -0.2) is 9.28 Å². The van der Waals surface area contributed by atoms with Gasteiger partial charge in [-0.1, -0.05) is 0 Å². The Balaban J connectivity index is 2.72. The highest BCUT2D eigenvalue weighted by atomic mass is 32.2. The van der Waals surface area contributed by atoms with Crippen LogP contribution in [-0.2, 0) is 9.22 Å². The van der Waals surface area contributed by atoms with Gasteiger partial charge in [-0.15, -0.1) is 0 Å². The molecule has 0 atom stereocenters. The molecule has 0 saturated carbocycles. The number of hydrogen-bond acceptors (Lipinski definition) is 3. The van der Waals surface area contributed by atoms with Gasteiger partial charge in [0.2, 0.25) is 0 Å². The van der Waals surface area contributed by atoms with E-state index in [-0.39, 0.29) is 5.82 Å². The molecule has 0 radical (unpaired) electrons. The van der Waals surface area contributed by atoms with Gasteiger partial charge in [-0.2, -0.15) is 4.33 Å². The second-order valence-electron chi connectivity index (χ2n) is 2.23. The van der Waals surface area contributed by atoms with Crippen molar-refractivity contribution in [3.05, 3.63) is 29.6 Å². The molecule has 0 bridgehead atoms. The lowest BCUT2D eigenvalue weighted by Crippen LogP contribution is -1.83. The molecular weight excluding hydrogens is 179 g/mol. The SMILES string of the molecule is COOSc1ccc(F)cc1C. The molecule has 0 aromatic heterocycles. The molecule has 0 spiro atoms. The summed E-state index contributed by atoms with van der Waals surface area (Å²) in [5.41, 5.74) is 0.831. The molecule has 0 amide bonds. The molecule has 0 saturated heterocycles. The van der Waals surface area contributed by atoms with Gasteiger partial charge in [-0.3, -0.25) is 0 Å². The van der Waals surface area contributed by atoms with Crippen LogP contribution in [0.5, 0.6) is 0 Å². The molecular formula is C8H9FO2S. The lowest BCUT2D eigenvalue weighted by molar-refractivity contribution is -0.160. The molecule has 1 aromatic carbocycles. The van der Waals surface area contributed by atoms with E-state index in [1.165, 1.54) is 19.2 Å². The summed E-state index contributed by atoms with van der Waals surface area (Å²) in [7, 11) is 1.42. The minimum atomic E-state index is -0.241. The fraction of sp³-hybridized carbons (Fsp3) is 0.250. The number of rotatable bonds is 3. The zero-order valence-electron chi connectivity index (χ0n) is 6.83. The quantitative estimate of drug-likeness (QED) is 0.413. The molecule has 1 aromatic rings. The largest absolute Gasteiger partial charge is 0.227 e. The Bertz CT molecular complexity index is 265. The first-order valence-corrected chi connectivity index (χ1v) is 4.11. The summed E-state index contributed by atoms with van der Waals surface area (Å²) < 4.78 is 17.2. The van der Waals surface area contributed by atoms with Crippen LogP contribution in [0.3, 0.4) is 0 Å². The van der Waals surface area contributed by atoms with Gasteiger partial charge >= 0.3 is 0 Å². The third-order valence-corrected chi connectivity index (χ3v) is 2.17. The summed E-state index contributed by atoms with van der Waals surface area (Å²) in [4.78, 5) is 5.25. The molecule has 66 valence electrons. The van der Waals surface area contributed by atoms with Crippen molar-refractivity contribution in [2.45, 2.75) is 11.8 Å². The molecule has 0 aliphatic rings. The van der Waals surface area contributed by atoms with Crippen molar-refractivity contribution in [1.29, 1.82) is 0 Å². The molecule has 4 heteroatoms. The Morgan fingerprint density at radius 3 is 2.75 bits per heavy atom. The predicted molar refractivity (Wildman–Crippen MR) is 45.1 cm³/mol. The van der Waals surface area contributed by atoms with Crippen molar-refractivity contribution in [2.75, 3.05) is 7.11 Å². The van der Waals surface area contributed by atoms with Gasteiger partial charge in [0.05, 0.1) is 19.2 Å². The number of halogens is 1. The molecule has 0 aliphatic heterocycles. The Morgan fingerprint density at radius 2 is 2.17 bits per heavy atom. The van der Waals surface area contributed by atoms with Crippen molar-refractivity contribution < 1.29 is 13.6 Å². The van der Waals surface area contributed by atoms with Crippen LogP contribution in [0.2, 0.25) is 0 Å². The summed E-state index contributed by atoms with van der Waals surface area (Å²) in [6, 6.07) is 4.48. The topological polar surface area (TPSA) is 18.5 Å². The fourth-order valence-electron chi connectivity index (χ4n) is 0.777. The summed E-state index contributed by atoms with van der Waals surface area (Å²) in [5, 5.41) is 0. The van der Waals surface area contributed by atoms with Crippen molar-refractivity contribution >= 4 is 12.0 Å². The van der Waals surface area contributed by atoms with E-state index < -0.39 is 0 Å². The minimum Gasteiger partial charge on any atom is -0.227 e. The van der Waals surface area contributed by atoms with Crippen LogP contribution in [-0.4, -0.2) is 7.11 Å². The third kappa shape index (κ3) is 2.48. The van der Waals surface area contributed by atoms with Gasteiger partial charge in [0.15, 0.2) is 0 Å². The first kappa shape index (κ1) is 9.51. The van der Waals surface area contributed by atoms with Crippen molar-refractivity contribution in [2.24, 2.45) is 0 Å². The van der Waals surface area contributed by atoms with Crippen LogP contribution >= 0.6 is 12.0 Å². The molecule has 0 N–H and O–H groups in total. The van der Waals surface area contributed by atoms with E-state index in [1.807, 2.05) is 6.92 Å². The van der Waals surface area contributed by atoms with Crippen molar-refractivity contribution in [3.63, 3.8) is 0 Å². The van der Waals surface area contributed by atoms with Crippen LogP contribution in [0.4, 0.5) is 4.39 Å². The first-order valence-electron chi connectivity index (χ1n) is 3.37. The normalized spacial score (nSPS) is 10.2. The van der Waals surface area contributed by atoms with E-state index in [1.54, 1.807) is 6.07 Å². The highest BCUT2D eigenvalue weighted by Gasteiger charge is 2.00. The molecule has 2 nitrogen and oxygen atoms in total. The Morgan fingerprint density at radius 1 is 1.42 bits per heavy atom. The van der Waals surface area contributed by atoms with Crippen molar-refractivity contribution in [1.82, 2.24) is 0 Å². The first-order chi connectivity index (χ1) is 5.74. The second-order valence-corrected chi connectivity index (χ2v) is 2.97. The van der Waals surface area contributed by atoms with E-state index in [9.17, 15) is 4.39 Å². The number of aryl methyl sites for hydroxylation is 1. The van der Waals surface area contributed by atoms with Gasteiger partial charge in [0, 0.05) is 4.90 Å². The Hall–Kier alpha value is -0.580. The highest BCUT2D eigenvalue weighted by molar-refractivity contribution is 7.94. The second kappa shape index (κ2) is 4.45. The van der Waals surface area contributed by atoms with Crippen LogP contribution in [0, 0.1) is 12.7 Å². The van der Waals surface area contributed by atoms with Crippen LogP contribution in [0.25, 0.3) is 0 Å².